The highest BCUT2D eigenvalue weighted by Gasteiger charge is 2.09. The van der Waals surface area contributed by atoms with Crippen molar-refractivity contribution < 1.29 is 4.52 Å². The molecule has 2 aromatic heterocycles. The van der Waals surface area contributed by atoms with Gasteiger partial charge in [0.05, 0.1) is 0 Å². The van der Waals surface area contributed by atoms with Gasteiger partial charge in [-0.05, 0) is 13.3 Å². The van der Waals surface area contributed by atoms with Crippen molar-refractivity contribution in [3.63, 3.8) is 0 Å². The van der Waals surface area contributed by atoms with Crippen molar-refractivity contribution in [2.24, 2.45) is 0 Å². The lowest BCUT2D eigenvalue weighted by Gasteiger charge is -2.13. The van der Waals surface area contributed by atoms with E-state index < -0.39 is 0 Å². The lowest BCUT2D eigenvalue weighted by molar-refractivity contribution is 0.379. The largest absolute Gasteiger partial charge is 0.370 e. The van der Waals surface area contributed by atoms with Crippen molar-refractivity contribution in [3.05, 3.63) is 24.1 Å². The second kappa shape index (κ2) is 6.67. The van der Waals surface area contributed by atoms with Crippen molar-refractivity contribution in [2.45, 2.75) is 26.7 Å². The molecule has 0 saturated heterocycles. The lowest BCUT2D eigenvalue weighted by atomic mass is 10.2. The average molecular weight is 262 g/mol. The van der Waals surface area contributed by atoms with Crippen molar-refractivity contribution in [1.82, 2.24) is 20.1 Å². The maximum atomic E-state index is 4.94. The monoisotopic (exact) mass is 262 g/mol. The zero-order valence-electron chi connectivity index (χ0n) is 11.2. The van der Waals surface area contributed by atoms with Gasteiger partial charge in [0.25, 0.3) is 0 Å². The third kappa shape index (κ3) is 3.40. The first-order valence-electron chi connectivity index (χ1n) is 6.42. The zero-order chi connectivity index (χ0) is 13.5. The van der Waals surface area contributed by atoms with Crippen LogP contribution in [-0.4, -0.2) is 33.2 Å². The molecule has 2 N–H and O–H groups in total. The van der Waals surface area contributed by atoms with Crippen LogP contribution in [0.25, 0.3) is 0 Å². The molecular weight excluding hydrogens is 244 g/mol. The normalized spacial score (nSPS) is 10.4. The van der Waals surface area contributed by atoms with Gasteiger partial charge >= 0.3 is 0 Å². The minimum Gasteiger partial charge on any atom is -0.370 e. The molecule has 0 saturated carbocycles. The van der Waals surface area contributed by atoms with Crippen LogP contribution in [-0.2, 0) is 12.8 Å². The molecule has 0 bridgehead atoms. The van der Waals surface area contributed by atoms with E-state index in [1.54, 1.807) is 6.33 Å². The van der Waals surface area contributed by atoms with Gasteiger partial charge in [0.2, 0.25) is 5.89 Å². The molecule has 0 unspecified atom stereocenters. The maximum Gasteiger partial charge on any atom is 0.228 e. The molecule has 0 fully saturated rings. The Kier molecular flexibility index (Phi) is 4.66. The first kappa shape index (κ1) is 13.3. The molecule has 102 valence electrons. The lowest BCUT2D eigenvalue weighted by Crippen LogP contribution is -2.12. The van der Waals surface area contributed by atoms with Crippen LogP contribution in [0, 0.1) is 0 Å². The molecule has 0 spiro atoms. The number of anilines is 2. The van der Waals surface area contributed by atoms with Crippen LogP contribution in [0.1, 0.15) is 25.3 Å². The van der Waals surface area contributed by atoms with E-state index in [1.165, 1.54) is 6.33 Å². The third-order valence-corrected chi connectivity index (χ3v) is 2.68. The van der Waals surface area contributed by atoms with Gasteiger partial charge in [-0.3, -0.25) is 0 Å². The second-order valence-corrected chi connectivity index (χ2v) is 3.95. The summed E-state index contributed by atoms with van der Waals surface area (Å²) in [5.41, 5.74) is 1.09. The molecule has 0 amide bonds. The van der Waals surface area contributed by atoms with E-state index >= 15 is 0 Å². The Bertz CT molecular complexity index is 499. The summed E-state index contributed by atoms with van der Waals surface area (Å²) in [5, 5.41) is 10.1. The minimum atomic E-state index is 0.617. The molecule has 2 aromatic rings. The summed E-state index contributed by atoms with van der Waals surface area (Å²) in [4.78, 5) is 12.5. The van der Waals surface area contributed by atoms with Gasteiger partial charge in [-0.1, -0.05) is 12.1 Å². The van der Waals surface area contributed by atoms with E-state index in [-0.39, 0.29) is 0 Å². The molecule has 0 aromatic carbocycles. The van der Waals surface area contributed by atoms with E-state index in [0.717, 1.165) is 30.2 Å². The molecule has 2 heterocycles. The first-order valence-corrected chi connectivity index (χ1v) is 6.42. The highest BCUT2D eigenvalue weighted by Crippen LogP contribution is 2.20. The number of hydrogen-bond acceptors (Lipinski definition) is 7. The molecule has 0 aliphatic heterocycles. The van der Waals surface area contributed by atoms with E-state index in [2.05, 4.69) is 37.7 Å². The Morgan fingerprint density at radius 3 is 2.47 bits per heavy atom. The number of aromatic nitrogens is 4. The van der Waals surface area contributed by atoms with E-state index in [4.69, 9.17) is 4.52 Å². The van der Waals surface area contributed by atoms with Gasteiger partial charge in [-0.2, -0.15) is 4.98 Å². The SMILES string of the molecule is CCNc1ncnc(NCCc2ncno2)c1CC. The summed E-state index contributed by atoms with van der Waals surface area (Å²) in [6, 6.07) is 0. The summed E-state index contributed by atoms with van der Waals surface area (Å²) in [5.74, 6) is 2.36. The predicted octanol–water partition coefficient (Wildman–Crippen LogP) is 1.51. The molecule has 0 aliphatic carbocycles. The predicted molar refractivity (Wildman–Crippen MR) is 72.1 cm³/mol. The van der Waals surface area contributed by atoms with Crippen molar-refractivity contribution >= 4 is 11.6 Å². The number of hydrogen-bond donors (Lipinski definition) is 2. The third-order valence-electron chi connectivity index (χ3n) is 2.68. The fraction of sp³-hybridized carbons (Fsp3) is 0.500. The van der Waals surface area contributed by atoms with Gasteiger partial charge in [0.15, 0.2) is 6.33 Å². The van der Waals surface area contributed by atoms with E-state index in [0.29, 0.717) is 18.9 Å². The minimum absolute atomic E-state index is 0.617. The molecule has 0 radical (unpaired) electrons. The summed E-state index contributed by atoms with van der Waals surface area (Å²) >= 11 is 0. The Morgan fingerprint density at radius 2 is 1.84 bits per heavy atom. The summed E-state index contributed by atoms with van der Waals surface area (Å²) in [7, 11) is 0. The fourth-order valence-electron chi connectivity index (χ4n) is 1.81. The molecule has 7 nitrogen and oxygen atoms in total. The number of nitrogens with one attached hydrogen (secondary N) is 2. The second-order valence-electron chi connectivity index (χ2n) is 3.95. The maximum absolute atomic E-state index is 4.94. The van der Waals surface area contributed by atoms with Crippen LogP contribution in [0.15, 0.2) is 17.2 Å². The van der Waals surface area contributed by atoms with Crippen LogP contribution >= 0.6 is 0 Å². The Hall–Kier alpha value is -2.18. The van der Waals surface area contributed by atoms with Crippen molar-refractivity contribution in [3.8, 4) is 0 Å². The average Bonchev–Trinajstić information content (AvgIpc) is 2.93. The molecule has 0 aliphatic rings. The molecule has 7 heteroatoms. The number of nitrogens with zero attached hydrogens (tertiary/aromatic N) is 4. The Labute approximate surface area is 111 Å². The van der Waals surface area contributed by atoms with Crippen LogP contribution in [0.5, 0.6) is 0 Å². The first-order chi connectivity index (χ1) is 9.35. The quantitative estimate of drug-likeness (QED) is 0.781. The molecule has 2 rings (SSSR count). The summed E-state index contributed by atoms with van der Waals surface area (Å²) < 4.78 is 4.94. The molecule has 19 heavy (non-hydrogen) atoms. The Morgan fingerprint density at radius 1 is 1.05 bits per heavy atom. The van der Waals surface area contributed by atoms with Crippen LogP contribution < -0.4 is 10.6 Å². The zero-order valence-corrected chi connectivity index (χ0v) is 11.2. The van der Waals surface area contributed by atoms with Crippen LogP contribution in [0.2, 0.25) is 0 Å². The molecule has 0 atom stereocenters. The fourth-order valence-corrected chi connectivity index (χ4v) is 1.81. The van der Waals surface area contributed by atoms with E-state index in [1.807, 2.05) is 6.92 Å². The van der Waals surface area contributed by atoms with Crippen LogP contribution in [0.4, 0.5) is 11.6 Å². The van der Waals surface area contributed by atoms with E-state index in [9.17, 15) is 0 Å². The van der Waals surface area contributed by atoms with Crippen molar-refractivity contribution in [2.75, 3.05) is 23.7 Å². The smallest absolute Gasteiger partial charge is 0.228 e. The van der Waals surface area contributed by atoms with Gasteiger partial charge in [-0.25, -0.2) is 9.97 Å². The summed E-state index contributed by atoms with van der Waals surface area (Å²) in [6.07, 6.45) is 4.50. The topological polar surface area (TPSA) is 88.8 Å². The highest BCUT2D eigenvalue weighted by atomic mass is 16.5. The highest BCUT2D eigenvalue weighted by molar-refractivity contribution is 5.57. The van der Waals surface area contributed by atoms with Gasteiger partial charge in [0.1, 0.15) is 18.0 Å². The number of rotatable bonds is 7. The standard InChI is InChI=1S/C12H18N6O/c1-3-9-11(13-4-2)16-7-17-12(9)14-6-5-10-15-8-18-19-10/h7-8H,3-6H2,1-2H3,(H2,13,14,16,17). The van der Waals surface area contributed by atoms with Gasteiger partial charge in [0, 0.05) is 25.1 Å². The van der Waals surface area contributed by atoms with Crippen LogP contribution in [0.3, 0.4) is 0 Å². The van der Waals surface area contributed by atoms with Gasteiger partial charge < -0.3 is 15.2 Å². The van der Waals surface area contributed by atoms with Crippen molar-refractivity contribution in [1.29, 1.82) is 0 Å². The summed E-state index contributed by atoms with van der Waals surface area (Å²) in [6.45, 7) is 5.66. The Balaban J connectivity index is 2.00. The van der Waals surface area contributed by atoms with Gasteiger partial charge in [-0.15, -0.1) is 0 Å². The molecular formula is C12H18N6O.